The van der Waals surface area contributed by atoms with Crippen molar-refractivity contribution in [3.05, 3.63) is 40.7 Å². The van der Waals surface area contributed by atoms with Gasteiger partial charge in [-0.3, -0.25) is 19.7 Å². The van der Waals surface area contributed by atoms with Crippen LogP contribution < -0.4 is 20.7 Å². The fourth-order valence-corrected chi connectivity index (χ4v) is 3.88. The Kier molecular flexibility index (Phi) is 6.53. The van der Waals surface area contributed by atoms with Gasteiger partial charge in [0, 0.05) is 12.8 Å². The molecule has 2 aromatic rings. The van der Waals surface area contributed by atoms with Gasteiger partial charge in [0.25, 0.3) is 0 Å². The molecule has 170 valence electrons. The molecule has 0 saturated carbocycles. The summed E-state index contributed by atoms with van der Waals surface area (Å²) in [7, 11) is -3.42. The van der Waals surface area contributed by atoms with Crippen molar-refractivity contribution in [2.24, 2.45) is 5.73 Å². The molecule has 14 heteroatoms. The number of carbonyl (C=O) groups is 2. The average Bonchev–Trinajstić information content (AvgIpc) is 3.21. The molecule has 1 unspecified atom stereocenters. The van der Waals surface area contributed by atoms with Crippen molar-refractivity contribution in [3.63, 3.8) is 0 Å². The van der Waals surface area contributed by atoms with Crippen LogP contribution in [0.3, 0.4) is 0 Å². The van der Waals surface area contributed by atoms with Gasteiger partial charge >= 0.3 is 11.6 Å². The second-order valence-electron chi connectivity index (χ2n) is 6.99. The SMILES string of the molecule is CS(=O)(=O)c1ccc(Oc2ncnc(N3CCCC3C(=O)NCC(N)=O)c2[N+](=O)[O-])cc1. The summed E-state index contributed by atoms with van der Waals surface area (Å²) in [6.45, 7) is -0.0398. The lowest BCUT2D eigenvalue weighted by atomic mass is 10.2. The highest BCUT2D eigenvalue weighted by atomic mass is 32.2. The van der Waals surface area contributed by atoms with Crippen LogP contribution >= 0.6 is 0 Å². The third-order valence-electron chi connectivity index (χ3n) is 4.68. The summed E-state index contributed by atoms with van der Waals surface area (Å²) in [5.74, 6) is -1.57. The minimum Gasteiger partial charge on any atom is -0.434 e. The number of benzene rings is 1. The summed E-state index contributed by atoms with van der Waals surface area (Å²) in [5.41, 5.74) is 4.50. The van der Waals surface area contributed by atoms with Gasteiger partial charge in [-0.2, -0.15) is 4.98 Å². The molecule has 13 nitrogen and oxygen atoms in total. The van der Waals surface area contributed by atoms with Crippen LogP contribution in [0.5, 0.6) is 11.6 Å². The Morgan fingerprint density at radius 1 is 1.31 bits per heavy atom. The van der Waals surface area contributed by atoms with E-state index in [9.17, 15) is 28.1 Å². The van der Waals surface area contributed by atoms with E-state index in [0.29, 0.717) is 19.4 Å². The first kappa shape index (κ1) is 22.9. The van der Waals surface area contributed by atoms with E-state index in [1.54, 1.807) is 0 Å². The van der Waals surface area contributed by atoms with E-state index in [0.717, 1.165) is 12.6 Å². The number of rotatable bonds is 8. The summed E-state index contributed by atoms with van der Waals surface area (Å²) in [6, 6.07) is 4.51. The third-order valence-corrected chi connectivity index (χ3v) is 5.81. The number of hydrogen-bond donors (Lipinski definition) is 2. The Bertz CT molecular complexity index is 1150. The fraction of sp³-hybridized carbons (Fsp3) is 0.333. The summed E-state index contributed by atoms with van der Waals surface area (Å²) in [5, 5.41) is 14.2. The van der Waals surface area contributed by atoms with Gasteiger partial charge in [-0.05, 0) is 37.1 Å². The van der Waals surface area contributed by atoms with E-state index in [1.165, 1.54) is 29.2 Å². The number of nitrogens with zero attached hydrogens (tertiary/aromatic N) is 4. The van der Waals surface area contributed by atoms with Crippen molar-refractivity contribution in [2.75, 3.05) is 24.2 Å². The molecule has 3 rings (SSSR count). The van der Waals surface area contributed by atoms with Crippen molar-refractivity contribution < 1.29 is 27.7 Å². The number of carbonyl (C=O) groups excluding carboxylic acids is 2. The van der Waals surface area contributed by atoms with E-state index in [-0.39, 0.29) is 28.9 Å². The van der Waals surface area contributed by atoms with Crippen LogP contribution in [0.15, 0.2) is 35.5 Å². The zero-order chi connectivity index (χ0) is 23.5. The zero-order valence-corrected chi connectivity index (χ0v) is 17.7. The van der Waals surface area contributed by atoms with E-state index >= 15 is 0 Å². The minimum absolute atomic E-state index is 0.0598. The van der Waals surface area contributed by atoms with Gasteiger partial charge in [-0.15, -0.1) is 0 Å². The summed E-state index contributed by atoms with van der Waals surface area (Å²) < 4.78 is 28.7. The molecule has 2 amide bonds. The number of aromatic nitrogens is 2. The monoisotopic (exact) mass is 464 g/mol. The smallest absolute Gasteiger partial charge is 0.373 e. The molecule has 32 heavy (non-hydrogen) atoms. The molecule has 0 radical (unpaired) electrons. The van der Waals surface area contributed by atoms with Crippen LogP contribution in [0.4, 0.5) is 11.5 Å². The second kappa shape index (κ2) is 9.13. The van der Waals surface area contributed by atoms with Gasteiger partial charge in [-0.1, -0.05) is 0 Å². The average molecular weight is 464 g/mol. The Hall–Kier alpha value is -3.81. The Morgan fingerprint density at radius 3 is 2.59 bits per heavy atom. The van der Waals surface area contributed by atoms with Crippen molar-refractivity contribution in [1.82, 2.24) is 15.3 Å². The predicted molar refractivity (Wildman–Crippen MR) is 111 cm³/mol. The van der Waals surface area contributed by atoms with Gasteiger partial charge in [0.1, 0.15) is 18.1 Å². The molecular weight excluding hydrogens is 444 g/mol. The third kappa shape index (κ3) is 5.08. The van der Waals surface area contributed by atoms with Crippen molar-refractivity contribution >= 4 is 33.2 Å². The highest BCUT2D eigenvalue weighted by molar-refractivity contribution is 7.90. The summed E-state index contributed by atoms with van der Waals surface area (Å²) in [4.78, 5) is 43.9. The molecule has 1 fully saturated rings. The molecule has 0 spiro atoms. The van der Waals surface area contributed by atoms with E-state index in [4.69, 9.17) is 10.5 Å². The summed E-state index contributed by atoms with van der Waals surface area (Å²) in [6.07, 6.45) is 3.09. The number of hydrogen-bond acceptors (Lipinski definition) is 10. The van der Waals surface area contributed by atoms with Crippen LogP contribution in [-0.4, -0.2) is 60.5 Å². The van der Waals surface area contributed by atoms with Crippen LogP contribution in [0.25, 0.3) is 0 Å². The molecule has 1 aliphatic rings. The topological polar surface area (TPSA) is 188 Å². The molecule has 1 aromatic carbocycles. The lowest BCUT2D eigenvalue weighted by molar-refractivity contribution is -0.385. The number of sulfone groups is 1. The van der Waals surface area contributed by atoms with Crippen LogP contribution in [0.2, 0.25) is 0 Å². The Labute approximate surface area is 182 Å². The molecule has 1 aliphatic heterocycles. The van der Waals surface area contributed by atoms with E-state index < -0.39 is 38.3 Å². The summed E-state index contributed by atoms with van der Waals surface area (Å²) >= 11 is 0. The first-order valence-corrected chi connectivity index (χ1v) is 11.3. The molecular formula is C18H20N6O7S. The lowest BCUT2D eigenvalue weighted by Gasteiger charge is -2.24. The number of ether oxygens (including phenoxy) is 1. The number of anilines is 1. The largest absolute Gasteiger partial charge is 0.434 e. The molecule has 0 bridgehead atoms. The zero-order valence-electron chi connectivity index (χ0n) is 16.9. The normalized spacial score (nSPS) is 15.9. The van der Waals surface area contributed by atoms with E-state index in [2.05, 4.69) is 15.3 Å². The number of amides is 2. The fourth-order valence-electron chi connectivity index (χ4n) is 3.25. The molecule has 1 saturated heterocycles. The van der Waals surface area contributed by atoms with Crippen molar-refractivity contribution in [3.8, 4) is 11.6 Å². The standard InChI is InChI=1S/C18H20N6O7S/c1-32(29,30)12-6-4-11(5-7-12)31-18-15(24(27)28)16(21-10-22-18)23-8-2-3-13(23)17(26)20-9-14(19)25/h4-7,10,13H,2-3,8-9H2,1H3,(H2,19,25)(H,20,26). The van der Waals surface area contributed by atoms with Gasteiger partial charge in [0.15, 0.2) is 9.84 Å². The number of nitrogens with two attached hydrogens (primary N) is 1. The van der Waals surface area contributed by atoms with Crippen LogP contribution in [0.1, 0.15) is 12.8 Å². The van der Waals surface area contributed by atoms with Crippen molar-refractivity contribution in [2.45, 2.75) is 23.8 Å². The number of primary amides is 1. The highest BCUT2D eigenvalue weighted by Crippen LogP contribution is 2.38. The molecule has 0 aliphatic carbocycles. The van der Waals surface area contributed by atoms with Crippen LogP contribution in [0, 0.1) is 10.1 Å². The molecule has 3 N–H and O–H groups in total. The van der Waals surface area contributed by atoms with E-state index in [1.807, 2.05) is 0 Å². The van der Waals surface area contributed by atoms with Gasteiger partial charge in [0.05, 0.1) is 16.4 Å². The van der Waals surface area contributed by atoms with Gasteiger partial charge < -0.3 is 20.7 Å². The van der Waals surface area contributed by atoms with Gasteiger partial charge in [0.2, 0.25) is 17.6 Å². The Morgan fingerprint density at radius 2 is 2.00 bits per heavy atom. The lowest BCUT2D eigenvalue weighted by Crippen LogP contribution is -2.46. The maximum atomic E-state index is 12.4. The van der Waals surface area contributed by atoms with Crippen LogP contribution in [-0.2, 0) is 19.4 Å². The van der Waals surface area contributed by atoms with Crippen molar-refractivity contribution in [1.29, 1.82) is 0 Å². The predicted octanol–water partition coefficient (Wildman–Crippen LogP) is 0.151. The first-order valence-electron chi connectivity index (χ1n) is 9.38. The molecule has 1 atom stereocenters. The minimum atomic E-state index is -3.42. The number of nitrogens with one attached hydrogen (secondary N) is 1. The second-order valence-corrected chi connectivity index (χ2v) is 9.01. The quantitative estimate of drug-likeness (QED) is 0.402. The molecule has 1 aromatic heterocycles. The first-order chi connectivity index (χ1) is 15.1. The van der Waals surface area contributed by atoms with Gasteiger partial charge in [-0.25, -0.2) is 13.4 Å². The highest BCUT2D eigenvalue weighted by Gasteiger charge is 2.38. The number of nitro groups is 1. The Balaban J connectivity index is 1.92. The molecule has 2 heterocycles. The maximum absolute atomic E-state index is 12.4. The maximum Gasteiger partial charge on any atom is 0.373 e.